The highest BCUT2D eigenvalue weighted by molar-refractivity contribution is 6.30. The van der Waals surface area contributed by atoms with Crippen molar-refractivity contribution in [3.8, 4) is 11.5 Å². The van der Waals surface area contributed by atoms with Crippen molar-refractivity contribution in [1.29, 1.82) is 0 Å². The molecule has 0 radical (unpaired) electrons. The first kappa shape index (κ1) is 16.7. The zero-order chi connectivity index (χ0) is 18.3. The number of urea groups is 1. The Balaban J connectivity index is 1.62. The maximum atomic E-state index is 13.0. The smallest absolute Gasteiger partial charge is 0.325 e. The number of benzene rings is 2. The van der Waals surface area contributed by atoms with Gasteiger partial charge in [-0.1, -0.05) is 29.8 Å². The van der Waals surface area contributed by atoms with Crippen LogP contribution in [0.2, 0.25) is 5.02 Å². The van der Waals surface area contributed by atoms with Gasteiger partial charge in [0.2, 0.25) is 0 Å². The van der Waals surface area contributed by atoms with E-state index in [2.05, 4.69) is 5.32 Å². The van der Waals surface area contributed by atoms with Crippen LogP contribution >= 0.6 is 11.6 Å². The van der Waals surface area contributed by atoms with Gasteiger partial charge in [0, 0.05) is 5.02 Å². The molecule has 0 spiro atoms. The molecule has 2 aliphatic heterocycles. The second kappa shape index (κ2) is 6.21. The molecular formula is C19H17ClN2O4. The summed E-state index contributed by atoms with van der Waals surface area (Å²) in [7, 11) is 0. The maximum Gasteiger partial charge on any atom is 0.325 e. The fourth-order valence-corrected chi connectivity index (χ4v) is 3.29. The number of fused-ring (bicyclic) bond motifs is 1. The van der Waals surface area contributed by atoms with Gasteiger partial charge in [-0.05, 0) is 42.3 Å². The standard InChI is InChI=1S/C19H17ClN2O4/c1-19(13-4-7-15-16(10-13)26-9-8-25-15)17(23)22(18(24)21-19)11-12-2-5-14(20)6-3-12/h2-7,10H,8-9,11H2,1H3,(H,21,24)/t19-/m0/s1. The molecule has 6 nitrogen and oxygen atoms in total. The normalized spacial score (nSPS) is 21.7. The molecule has 1 fully saturated rings. The predicted molar refractivity (Wildman–Crippen MR) is 95.3 cm³/mol. The summed E-state index contributed by atoms with van der Waals surface area (Å²) in [5.74, 6) is 0.903. The largest absolute Gasteiger partial charge is 0.486 e. The molecule has 0 saturated carbocycles. The molecule has 1 N–H and O–H groups in total. The van der Waals surface area contributed by atoms with Gasteiger partial charge in [-0.15, -0.1) is 0 Å². The number of carbonyl (C=O) groups excluding carboxylic acids is 2. The number of nitrogens with one attached hydrogen (secondary N) is 1. The Morgan fingerprint density at radius 3 is 2.50 bits per heavy atom. The quantitative estimate of drug-likeness (QED) is 0.841. The summed E-state index contributed by atoms with van der Waals surface area (Å²) >= 11 is 5.89. The van der Waals surface area contributed by atoms with Crippen LogP contribution in [0, 0.1) is 0 Å². The van der Waals surface area contributed by atoms with Crippen molar-refractivity contribution in [2.45, 2.75) is 19.0 Å². The van der Waals surface area contributed by atoms with Crippen molar-refractivity contribution in [2.24, 2.45) is 0 Å². The first-order chi connectivity index (χ1) is 12.5. The van der Waals surface area contributed by atoms with Gasteiger partial charge in [0.15, 0.2) is 11.5 Å². The summed E-state index contributed by atoms with van der Waals surface area (Å²) in [6.07, 6.45) is 0. The predicted octanol–water partition coefficient (Wildman–Crippen LogP) is 3.08. The Bertz CT molecular complexity index is 884. The summed E-state index contributed by atoms with van der Waals surface area (Å²) in [6, 6.07) is 11.9. The first-order valence-electron chi connectivity index (χ1n) is 8.26. The summed E-state index contributed by atoms with van der Waals surface area (Å²) in [6.45, 7) is 2.83. The van der Waals surface area contributed by atoms with Crippen LogP contribution in [0.4, 0.5) is 4.79 Å². The molecule has 1 saturated heterocycles. The highest BCUT2D eigenvalue weighted by Crippen LogP contribution is 2.37. The minimum atomic E-state index is -1.15. The van der Waals surface area contributed by atoms with E-state index in [1.807, 2.05) is 0 Å². The Morgan fingerprint density at radius 2 is 1.77 bits per heavy atom. The summed E-state index contributed by atoms with van der Waals surface area (Å²) in [4.78, 5) is 26.7. The average Bonchev–Trinajstić information content (AvgIpc) is 2.87. The van der Waals surface area contributed by atoms with Gasteiger partial charge in [0.1, 0.15) is 18.8 Å². The molecule has 0 aliphatic carbocycles. The number of ether oxygens (including phenoxy) is 2. The lowest BCUT2D eigenvalue weighted by molar-refractivity contribution is -0.131. The topological polar surface area (TPSA) is 67.9 Å². The van der Waals surface area contributed by atoms with Crippen molar-refractivity contribution in [3.63, 3.8) is 0 Å². The van der Waals surface area contributed by atoms with E-state index in [0.29, 0.717) is 35.3 Å². The molecule has 2 aliphatic rings. The molecule has 0 aromatic heterocycles. The number of imide groups is 1. The van der Waals surface area contributed by atoms with E-state index in [0.717, 1.165) is 5.56 Å². The Kier molecular flexibility index (Phi) is 4.00. The second-order valence-electron chi connectivity index (χ2n) is 6.43. The SMILES string of the molecule is C[C@@]1(c2ccc3c(c2)OCCO3)NC(=O)N(Cc2ccc(Cl)cc2)C1=O. The number of hydrogen-bond donors (Lipinski definition) is 1. The third-order valence-electron chi connectivity index (χ3n) is 4.65. The molecule has 26 heavy (non-hydrogen) atoms. The summed E-state index contributed by atoms with van der Waals surface area (Å²) in [5.41, 5.74) is 0.322. The number of carbonyl (C=O) groups is 2. The minimum absolute atomic E-state index is 0.183. The van der Waals surface area contributed by atoms with Crippen molar-refractivity contribution in [2.75, 3.05) is 13.2 Å². The Hall–Kier alpha value is -2.73. The van der Waals surface area contributed by atoms with Crippen LogP contribution in [0.1, 0.15) is 18.1 Å². The van der Waals surface area contributed by atoms with Crippen LogP contribution in [0.25, 0.3) is 0 Å². The first-order valence-corrected chi connectivity index (χ1v) is 8.64. The van der Waals surface area contributed by atoms with Crippen LogP contribution in [0.3, 0.4) is 0 Å². The Morgan fingerprint density at radius 1 is 1.08 bits per heavy atom. The van der Waals surface area contributed by atoms with Crippen LogP contribution in [0.15, 0.2) is 42.5 Å². The number of amides is 3. The highest BCUT2D eigenvalue weighted by atomic mass is 35.5. The zero-order valence-corrected chi connectivity index (χ0v) is 14.9. The fourth-order valence-electron chi connectivity index (χ4n) is 3.16. The minimum Gasteiger partial charge on any atom is -0.486 e. The molecule has 2 aromatic carbocycles. The van der Waals surface area contributed by atoms with Gasteiger partial charge in [0.05, 0.1) is 6.54 Å². The van der Waals surface area contributed by atoms with Crippen LogP contribution in [-0.2, 0) is 16.9 Å². The van der Waals surface area contributed by atoms with Crippen molar-refractivity contribution in [1.82, 2.24) is 10.2 Å². The highest BCUT2D eigenvalue weighted by Gasteiger charge is 2.49. The number of nitrogens with zero attached hydrogens (tertiary/aromatic N) is 1. The van der Waals surface area contributed by atoms with Gasteiger partial charge >= 0.3 is 6.03 Å². The van der Waals surface area contributed by atoms with E-state index in [1.54, 1.807) is 49.4 Å². The van der Waals surface area contributed by atoms with E-state index < -0.39 is 11.6 Å². The van der Waals surface area contributed by atoms with E-state index in [4.69, 9.17) is 21.1 Å². The number of hydrogen-bond acceptors (Lipinski definition) is 4. The summed E-state index contributed by atoms with van der Waals surface area (Å²) in [5, 5.41) is 3.40. The molecular weight excluding hydrogens is 356 g/mol. The average molecular weight is 373 g/mol. The zero-order valence-electron chi connectivity index (χ0n) is 14.1. The number of halogens is 1. The molecule has 0 unspecified atom stereocenters. The summed E-state index contributed by atoms with van der Waals surface area (Å²) < 4.78 is 11.1. The van der Waals surface area contributed by atoms with Gasteiger partial charge in [-0.2, -0.15) is 0 Å². The van der Waals surface area contributed by atoms with Gasteiger partial charge in [0.25, 0.3) is 5.91 Å². The van der Waals surface area contributed by atoms with Crippen LogP contribution in [-0.4, -0.2) is 30.1 Å². The molecule has 2 aromatic rings. The van der Waals surface area contributed by atoms with Gasteiger partial charge in [-0.25, -0.2) is 4.79 Å². The van der Waals surface area contributed by atoms with Gasteiger partial charge < -0.3 is 14.8 Å². The van der Waals surface area contributed by atoms with Crippen LogP contribution in [0.5, 0.6) is 11.5 Å². The van der Waals surface area contributed by atoms with E-state index in [9.17, 15) is 9.59 Å². The molecule has 1 atom stereocenters. The van der Waals surface area contributed by atoms with E-state index in [-0.39, 0.29) is 12.5 Å². The Labute approximate surface area is 155 Å². The third-order valence-corrected chi connectivity index (χ3v) is 4.90. The number of rotatable bonds is 3. The molecule has 4 rings (SSSR count). The molecule has 3 amide bonds. The van der Waals surface area contributed by atoms with Crippen LogP contribution < -0.4 is 14.8 Å². The monoisotopic (exact) mass is 372 g/mol. The van der Waals surface area contributed by atoms with Crippen molar-refractivity contribution >= 4 is 23.5 Å². The molecule has 2 heterocycles. The van der Waals surface area contributed by atoms with Crippen molar-refractivity contribution < 1.29 is 19.1 Å². The third kappa shape index (κ3) is 2.76. The van der Waals surface area contributed by atoms with E-state index in [1.165, 1.54) is 4.90 Å². The molecule has 7 heteroatoms. The van der Waals surface area contributed by atoms with E-state index >= 15 is 0 Å². The fraction of sp³-hybridized carbons (Fsp3) is 0.263. The second-order valence-corrected chi connectivity index (χ2v) is 6.87. The molecule has 134 valence electrons. The molecule has 0 bridgehead atoms. The lowest BCUT2D eigenvalue weighted by Crippen LogP contribution is -2.41. The maximum absolute atomic E-state index is 13.0. The van der Waals surface area contributed by atoms with Crippen molar-refractivity contribution in [3.05, 3.63) is 58.6 Å². The van der Waals surface area contributed by atoms with Gasteiger partial charge in [-0.3, -0.25) is 9.69 Å². The lowest BCUT2D eigenvalue weighted by Gasteiger charge is -2.25. The lowest BCUT2D eigenvalue weighted by atomic mass is 9.91.